The van der Waals surface area contributed by atoms with Crippen molar-refractivity contribution in [3.8, 4) is 0 Å². The van der Waals surface area contributed by atoms with E-state index >= 15 is 0 Å². The highest BCUT2D eigenvalue weighted by Crippen LogP contribution is 2.32. The van der Waals surface area contributed by atoms with E-state index in [-0.39, 0.29) is 0 Å². The van der Waals surface area contributed by atoms with Crippen LogP contribution in [0.5, 0.6) is 0 Å². The Kier molecular flexibility index (Phi) is 2.49. The van der Waals surface area contributed by atoms with Crippen LogP contribution in [0.4, 0.5) is 0 Å². The van der Waals surface area contributed by atoms with Gasteiger partial charge in [-0.2, -0.15) is 0 Å². The van der Waals surface area contributed by atoms with Crippen molar-refractivity contribution >= 4 is 0 Å². The third-order valence-electron chi connectivity index (χ3n) is 3.83. The molecule has 1 saturated heterocycles. The van der Waals surface area contributed by atoms with Crippen molar-refractivity contribution in [2.24, 2.45) is 0 Å². The third-order valence-corrected chi connectivity index (χ3v) is 3.83. The highest BCUT2D eigenvalue weighted by atomic mass is 15.0. The van der Waals surface area contributed by atoms with Crippen LogP contribution in [0.25, 0.3) is 0 Å². The standard InChI is InChI=1S/C12H19N3/c1-2-4-9(5-3-1)11-8-14-12(15-11)10-6-13-7-10/h8-10,13H,1-7H2,(H,14,15). The molecule has 0 atom stereocenters. The molecule has 0 bridgehead atoms. The van der Waals surface area contributed by atoms with Crippen molar-refractivity contribution in [1.29, 1.82) is 0 Å². The zero-order valence-electron chi connectivity index (χ0n) is 9.13. The first-order valence-corrected chi connectivity index (χ1v) is 6.19. The molecule has 1 saturated carbocycles. The molecule has 0 amide bonds. The van der Waals surface area contributed by atoms with E-state index in [1.807, 2.05) is 0 Å². The Hall–Kier alpha value is -0.830. The maximum Gasteiger partial charge on any atom is 0.111 e. The molecule has 2 N–H and O–H groups in total. The van der Waals surface area contributed by atoms with Gasteiger partial charge in [-0.1, -0.05) is 19.3 Å². The van der Waals surface area contributed by atoms with Crippen LogP contribution >= 0.6 is 0 Å². The van der Waals surface area contributed by atoms with Crippen molar-refractivity contribution in [1.82, 2.24) is 15.3 Å². The fourth-order valence-corrected chi connectivity index (χ4v) is 2.66. The van der Waals surface area contributed by atoms with E-state index in [4.69, 9.17) is 0 Å². The highest BCUT2D eigenvalue weighted by Gasteiger charge is 2.23. The molecule has 0 radical (unpaired) electrons. The summed E-state index contributed by atoms with van der Waals surface area (Å²) in [4.78, 5) is 8.05. The van der Waals surface area contributed by atoms with Crippen LogP contribution in [0, 0.1) is 0 Å². The van der Waals surface area contributed by atoms with Gasteiger partial charge in [0.15, 0.2) is 0 Å². The summed E-state index contributed by atoms with van der Waals surface area (Å²) in [5.74, 6) is 2.60. The summed E-state index contributed by atoms with van der Waals surface area (Å²) in [5, 5.41) is 3.29. The lowest BCUT2D eigenvalue weighted by Gasteiger charge is -2.25. The Bertz CT molecular complexity index is 321. The number of aromatic nitrogens is 2. The van der Waals surface area contributed by atoms with Crippen LogP contribution in [0.2, 0.25) is 0 Å². The Morgan fingerprint density at radius 2 is 1.87 bits per heavy atom. The molecule has 15 heavy (non-hydrogen) atoms. The summed E-state index contributed by atoms with van der Waals surface area (Å²) in [6.07, 6.45) is 8.98. The molecule has 0 unspecified atom stereocenters. The van der Waals surface area contributed by atoms with Crippen LogP contribution < -0.4 is 5.32 Å². The summed E-state index contributed by atoms with van der Waals surface area (Å²) < 4.78 is 0. The normalized spacial score (nSPS) is 24.0. The lowest BCUT2D eigenvalue weighted by molar-refractivity contribution is 0.423. The van der Waals surface area contributed by atoms with E-state index in [1.165, 1.54) is 43.6 Å². The summed E-state index contributed by atoms with van der Waals surface area (Å²) in [6.45, 7) is 2.19. The maximum atomic E-state index is 4.52. The largest absolute Gasteiger partial charge is 0.345 e. The Morgan fingerprint density at radius 1 is 1.07 bits per heavy atom. The van der Waals surface area contributed by atoms with Crippen molar-refractivity contribution < 1.29 is 0 Å². The molecule has 2 fully saturated rings. The molecule has 1 aromatic rings. The van der Waals surface area contributed by atoms with E-state index in [0.717, 1.165) is 19.0 Å². The number of nitrogens with one attached hydrogen (secondary N) is 2. The topological polar surface area (TPSA) is 40.7 Å². The zero-order chi connectivity index (χ0) is 10.1. The molecule has 3 rings (SSSR count). The van der Waals surface area contributed by atoms with Crippen LogP contribution in [0.15, 0.2) is 6.20 Å². The van der Waals surface area contributed by atoms with Gasteiger partial charge in [-0.3, -0.25) is 0 Å². The van der Waals surface area contributed by atoms with Crippen molar-refractivity contribution in [3.05, 3.63) is 17.7 Å². The molecular formula is C12H19N3. The average Bonchev–Trinajstić information content (AvgIpc) is 2.66. The second-order valence-corrected chi connectivity index (χ2v) is 4.91. The van der Waals surface area contributed by atoms with Gasteiger partial charge in [0.2, 0.25) is 0 Å². The van der Waals surface area contributed by atoms with Gasteiger partial charge in [0.25, 0.3) is 0 Å². The molecule has 2 heterocycles. The SMILES string of the molecule is c1nc(C2CNC2)[nH]c1C1CCCCC1. The van der Waals surface area contributed by atoms with Gasteiger partial charge in [0, 0.05) is 36.8 Å². The monoisotopic (exact) mass is 205 g/mol. The van der Waals surface area contributed by atoms with Gasteiger partial charge < -0.3 is 10.3 Å². The Morgan fingerprint density at radius 3 is 2.53 bits per heavy atom. The quantitative estimate of drug-likeness (QED) is 0.776. The predicted octanol–water partition coefficient (Wildman–Crippen LogP) is 2.14. The number of imidazole rings is 1. The molecule has 0 aromatic carbocycles. The molecule has 82 valence electrons. The van der Waals surface area contributed by atoms with Crippen LogP contribution in [0.1, 0.15) is 55.5 Å². The zero-order valence-corrected chi connectivity index (χ0v) is 9.13. The van der Waals surface area contributed by atoms with E-state index in [1.54, 1.807) is 0 Å². The third kappa shape index (κ3) is 1.81. The molecule has 2 aliphatic rings. The smallest absolute Gasteiger partial charge is 0.111 e. The minimum absolute atomic E-state index is 0.641. The summed E-state index contributed by atoms with van der Waals surface area (Å²) in [5.41, 5.74) is 1.39. The van der Waals surface area contributed by atoms with Gasteiger partial charge in [0.05, 0.1) is 0 Å². The van der Waals surface area contributed by atoms with Crippen LogP contribution in [0.3, 0.4) is 0 Å². The number of hydrogen-bond acceptors (Lipinski definition) is 2. The molecule has 0 spiro atoms. The molecular weight excluding hydrogens is 186 g/mol. The first-order chi connectivity index (χ1) is 7.43. The number of hydrogen-bond donors (Lipinski definition) is 2. The number of aromatic amines is 1. The molecule has 3 heteroatoms. The van der Waals surface area contributed by atoms with E-state index in [2.05, 4.69) is 21.5 Å². The van der Waals surface area contributed by atoms with E-state index < -0.39 is 0 Å². The van der Waals surface area contributed by atoms with Crippen molar-refractivity contribution in [2.75, 3.05) is 13.1 Å². The lowest BCUT2D eigenvalue weighted by atomic mass is 9.87. The molecule has 1 aliphatic heterocycles. The average molecular weight is 205 g/mol. The van der Waals surface area contributed by atoms with Gasteiger partial charge in [-0.05, 0) is 12.8 Å². The highest BCUT2D eigenvalue weighted by molar-refractivity contribution is 5.13. The summed E-state index contributed by atoms with van der Waals surface area (Å²) >= 11 is 0. The second kappa shape index (κ2) is 3.97. The Balaban J connectivity index is 1.71. The van der Waals surface area contributed by atoms with Gasteiger partial charge in [-0.25, -0.2) is 4.98 Å². The van der Waals surface area contributed by atoms with E-state index in [0.29, 0.717) is 5.92 Å². The van der Waals surface area contributed by atoms with Crippen LogP contribution in [-0.4, -0.2) is 23.1 Å². The first kappa shape index (κ1) is 9.40. The molecule has 3 nitrogen and oxygen atoms in total. The fourth-order valence-electron chi connectivity index (χ4n) is 2.66. The Labute approximate surface area is 90.7 Å². The first-order valence-electron chi connectivity index (χ1n) is 6.19. The van der Waals surface area contributed by atoms with Crippen LogP contribution in [-0.2, 0) is 0 Å². The minimum atomic E-state index is 0.641. The number of H-pyrrole nitrogens is 1. The van der Waals surface area contributed by atoms with Gasteiger partial charge in [-0.15, -0.1) is 0 Å². The van der Waals surface area contributed by atoms with Gasteiger partial charge >= 0.3 is 0 Å². The van der Waals surface area contributed by atoms with Crippen molar-refractivity contribution in [3.63, 3.8) is 0 Å². The van der Waals surface area contributed by atoms with Crippen molar-refractivity contribution in [2.45, 2.75) is 43.9 Å². The minimum Gasteiger partial charge on any atom is -0.345 e. The predicted molar refractivity (Wildman–Crippen MR) is 60.0 cm³/mol. The molecule has 1 aliphatic carbocycles. The summed E-state index contributed by atoms with van der Waals surface area (Å²) in [6, 6.07) is 0. The molecule has 1 aromatic heterocycles. The maximum absolute atomic E-state index is 4.52. The summed E-state index contributed by atoms with van der Waals surface area (Å²) in [7, 11) is 0. The lowest BCUT2D eigenvalue weighted by Crippen LogP contribution is -2.40. The number of nitrogens with zero attached hydrogens (tertiary/aromatic N) is 1. The fraction of sp³-hybridized carbons (Fsp3) is 0.750. The van der Waals surface area contributed by atoms with E-state index in [9.17, 15) is 0 Å². The number of rotatable bonds is 2. The van der Waals surface area contributed by atoms with Gasteiger partial charge in [0.1, 0.15) is 5.82 Å². The second-order valence-electron chi connectivity index (χ2n) is 4.91.